The van der Waals surface area contributed by atoms with Crippen molar-refractivity contribution in [3.63, 3.8) is 0 Å². The van der Waals surface area contributed by atoms with Gasteiger partial charge in [0.2, 0.25) is 5.91 Å². The molecule has 1 aromatic heterocycles. The van der Waals surface area contributed by atoms with Crippen LogP contribution in [-0.2, 0) is 29.0 Å². The highest BCUT2D eigenvalue weighted by Gasteiger charge is 2.29. The Morgan fingerprint density at radius 3 is 2.55 bits per heavy atom. The van der Waals surface area contributed by atoms with Crippen LogP contribution < -0.4 is 10.6 Å². The predicted octanol–water partition coefficient (Wildman–Crippen LogP) is 6.77. The van der Waals surface area contributed by atoms with Crippen LogP contribution in [0.5, 0.6) is 0 Å². The van der Waals surface area contributed by atoms with Gasteiger partial charge in [-0.05, 0) is 61.2 Å². The Kier molecular flexibility index (Phi) is 9.74. The van der Waals surface area contributed by atoms with Crippen LogP contribution in [-0.4, -0.2) is 41.6 Å². The molecule has 2 heterocycles. The van der Waals surface area contributed by atoms with Crippen LogP contribution in [0.4, 0.5) is 10.7 Å². The van der Waals surface area contributed by atoms with E-state index in [2.05, 4.69) is 27.7 Å². The van der Waals surface area contributed by atoms with Gasteiger partial charge in [-0.2, -0.15) is 0 Å². The third-order valence-electron chi connectivity index (χ3n) is 6.97. The van der Waals surface area contributed by atoms with E-state index in [-0.39, 0.29) is 24.2 Å². The summed E-state index contributed by atoms with van der Waals surface area (Å²) >= 11 is 2.82. The molecule has 0 saturated heterocycles. The van der Waals surface area contributed by atoms with E-state index in [0.29, 0.717) is 28.4 Å². The van der Waals surface area contributed by atoms with Gasteiger partial charge in [0.15, 0.2) is 0 Å². The summed E-state index contributed by atoms with van der Waals surface area (Å²) in [4.78, 5) is 43.0. The third kappa shape index (κ3) is 7.28. The standard InChI is InChI=1S/C33H33N3O4S2/c1-3-40-33(39)30-27-16-17-36(19-23-11-5-4-6-12-23)20-28(27)42-32(30)35-29(37)21-41-25-14-9-13-24(18-25)34-31(38)26-15-8-7-10-22(26)2/h4-15,18H,3,16-17,19-21H2,1-2H3,(H,34,38)(H,35,37). The van der Waals surface area contributed by atoms with Crippen molar-refractivity contribution in [2.45, 2.75) is 38.3 Å². The summed E-state index contributed by atoms with van der Waals surface area (Å²) in [6.07, 6.45) is 0.721. The number of esters is 1. The molecular weight excluding hydrogens is 567 g/mol. The van der Waals surface area contributed by atoms with E-state index in [1.807, 2.05) is 67.6 Å². The van der Waals surface area contributed by atoms with Crippen molar-refractivity contribution in [3.8, 4) is 0 Å². The van der Waals surface area contributed by atoms with E-state index >= 15 is 0 Å². The number of ether oxygens (including phenoxy) is 1. The number of thioether (sulfide) groups is 1. The molecule has 3 aromatic carbocycles. The zero-order chi connectivity index (χ0) is 29.5. The molecule has 0 saturated carbocycles. The van der Waals surface area contributed by atoms with Crippen LogP contribution in [0.2, 0.25) is 0 Å². The van der Waals surface area contributed by atoms with E-state index in [4.69, 9.17) is 4.74 Å². The van der Waals surface area contributed by atoms with E-state index < -0.39 is 5.97 Å². The first-order valence-corrected chi connectivity index (χ1v) is 15.7. The number of hydrogen-bond acceptors (Lipinski definition) is 7. The molecule has 0 spiro atoms. The number of nitrogens with one attached hydrogen (secondary N) is 2. The van der Waals surface area contributed by atoms with Gasteiger partial charge in [0.05, 0.1) is 17.9 Å². The number of fused-ring (bicyclic) bond motifs is 1. The number of thiophene rings is 1. The maximum absolute atomic E-state index is 13.1. The number of nitrogens with zero attached hydrogens (tertiary/aromatic N) is 1. The van der Waals surface area contributed by atoms with Crippen molar-refractivity contribution >= 4 is 51.6 Å². The summed E-state index contributed by atoms with van der Waals surface area (Å²) in [5.74, 6) is -0.630. The average molecular weight is 600 g/mol. The minimum Gasteiger partial charge on any atom is -0.462 e. The number of carbonyl (C=O) groups is 3. The van der Waals surface area contributed by atoms with Crippen LogP contribution in [0.15, 0.2) is 83.8 Å². The maximum atomic E-state index is 13.1. The fourth-order valence-corrected chi connectivity index (χ4v) is 6.99. The Labute approximate surface area is 254 Å². The summed E-state index contributed by atoms with van der Waals surface area (Å²) in [7, 11) is 0. The second-order valence-electron chi connectivity index (χ2n) is 10.0. The predicted molar refractivity (Wildman–Crippen MR) is 169 cm³/mol. The number of benzene rings is 3. The van der Waals surface area contributed by atoms with Gasteiger partial charge in [0.25, 0.3) is 5.91 Å². The first-order valence-electron chi connectivity index (χ1n) is 13.9. The molecule has 0 fully saturated rings. The Bertz CT molecular complexity index is 1590. The number of aryl methyl sites for hydroxylation is 1. The summed E-state index contributed by atoms with van der Waals surface area (Å²) in [6, 6.07) is 25.2. The monoisotopic (exact) mass is 599 g/mol. The molecule has 2 amide bonds. The maximum Gasteiger partial charge on any atom is 0.341 e. The van der Waals surface area contributed by atoms with Gasteiger partial charge < -0.3 is 15.4 Å². The van der Waals surface area contributed by atoms with Gasteiger partial charge in [0.1, 0.15) is 5.00 Å². The lowest BCUT2D eigenvalue weighted by molar-refractivity contribution is -0.113. The molecule has 0 unspecified atom stereocenters. The normalized spacial score (nSPS) is 12.8. The molecular formula is C33H33N3O4S2. The van der Waals surface area contributed by atoms with Crippen LogP contribution >= 0.6 is 23.1 Å². The summed E-state index contributed by atoms with van der Waals surface area (Å²) in [5, 5.41) is 6.47. The van der Waals surface area contributed by atoms with Gasteiger partial charge >= 0.3 is 5.97 Å². The molecule has 0 radical (unpaired) electrons. The molecule has 1 aliphatic rings. The molecule has 0 atom stereocenters. The number of hydrogen-bond donors (Lipinski definition) is 2. The molecule has 0 aliphatic carbocycles. The lowest BCUT2D eigenvalue weighted by Gasteiger charge is -2.27. The SMILES string of the molecule is CCOC(=O)c1c(NC(=O)CSc2cccc(NC(=O)c3ccccc3C)c2)sc2c1CCN(Cc1ccccc1)C2. The van der Waals surface area contributed by atoms with E-state index in [0.717, 1.165) is 40.4 Å². The van der Waals surface area contributed by atoms with Gasteiger partial charge in [-0.3, -0.25) is 14.5 Å². The number of anilines is 2. The lowest BCUT2D eigenvalue weighted by Crippen LogP contribution is -2.30. The zero-order valence-corrected chi connectivity index (χ0v) is 25.3. The van der Waals surface area contributed by atoms with Crippen LogP contribution in [0.25, 0.3) is 0 Å². The zero-order valence-electron chi connectivity index (χ0n) is 23.6. The molecule has 42 heavy (non-hydrogen) atoms. The molecule has 1 aliphatic heterocycles. The van der Waals surface area contributed by atoms with Gasteiger partial charge in [-0.15, -0.1) is 23.1 Å². The number of amides is 2. The fraction of sp³-hybridized carbons (Fsp3) is 0.242. The Morgan fingerprint density at radius 2 is 1.76 bits per heavy atom. The van der Waals surface area contributed by atoms with Crippen molar-refractivity contribution < 1.29 is 19.1 Å². The topological polar surface area (TPSA) is 87.7 Å². The van der Waals surface area contributed by atoms with Crippen molar-refractivity contribution in [3.05, 3.63) is 112 Å². The van der Waals surface area contributed by atoms with Crippen molar-refractivity contribution in [1.82, 2.24) is 4.90 Å². The Morgan fingerprint density at radius 1 is 0.976 bits per heavy atom. The van der Waals surface area contributed by atoms with Crippen molar-refractivity contribution in [2.75, 3.05) is 29.5 Å². The molecule has 216 valence electrons. The molecule has 4 aromatic rings. The minimum atomic E-state index is -0.397. The Balaban J connectivity index is 1.24. The van der Waals surface area contributed by atoms with Gasteiger partial charge in [0, 0.05) is 40.7 Å². The largest absolute Gasteiger partial charge is 0.462 e. The fourth-order valence-electron chi connectivity index (χ4n) is 4.94. The quantitative estimate of drug-likeness (QED) is 0.154. The second-order valence-corrected chi connectivity index (χ2v) is 12.2. The molecule has 5 rings (SSSR count). The average Bonchev–Trinajstić information content (AvgIpc) is 3.34. The highest BCUT2D eigenvalue weighted by molar-refractivity contribution is 8.00. The first-order chi connectivity index (χ1) is 20.4. The Hall–Kier alpha value is -3.92. The van der Waals surface area contributed by atoms with Crippen molar-refractivity contribution in [2.24, 2.45) is 0 Å². The number of carbonyl (C=O) groups excluding carboxylic acids is 3. The summed E-state index contributed by atoms with van der Waals surface area (Å²) < 4.78 is 5.37. The van der Waals surface area contributed by atoms with E-state index in [1.54, 1.807) is 13.0 Å². The summed E-state index contributed by atoms with van der Waals surface area (Å²) in [6.45, 7) is 6.32. The second kappa shape index (κ2) is 13.8. The van der Waals surface area contributed by atoms with Gasteiger partial charge in [-0.25, -0.2) is 4.79 Å². The van der Waals surface area contributed by atoms with Gasteiger partial charge in [-0.1, -0.05) is 54.6 Å². The minimum absolute atomic E-state index is 0.153. The molecule has 2 N–H and O–H groups in total. The van der Waals surface area contributed by atoms with Crippen molar-refractivity contribution in [1.29, 1.82) is 0 Å². The molecule has 9 heteroatoms. The highest BCUT2D eigenvalue weighted by Crippen LogP contribution is 2.38. The summed E-state index contributed by atoms with van der Waals surface area (Å²) in [5.41, 5.74) is 4.88. The first kappa shape index (κ1) is 29.6. The number of rotatable bonds is 10. The molecule has 7 nitrogen and oxygen atoms in total. The third-order valence-corrected chi connectivity index (χ3v) is 9.09. The van der Waals surface area contributed by atoms with Crippen LogP contribution in [0.3, 0.4) is 0 Å². The van der Waals surface area contributed by atoms with E-state index in [1.165, 1.54) is 28.7 Å². The smallest absolute Gasteiger partial charge is 0.341 e. The van der Waals surface area contributed by atoms with Crippen LogP contribution in [0, 0.1) is 6.92 Å². The van der Waals surface area contributed by atoms with E-state index in [9.17, 15) is 14.4 Å². The molecule has 0 bridgehead atoms. The highest BCUT2D eigenvalue weighted by atomic mass is 32.2. The lowest BCUT2D eigenvalue weighted by atomic mass is 10.0. The van der Waals surface area contributed by atoms with Crippen LogP contribution in [0.1, 0.15) is 49.2 Å².